The molecule has 0 aliphatic heterocycles. The van der Waals surface area contributed by atoms with Gasteiger partial charge in [-0.25, -0.2) is 4.79 Å². The van der Waals surface area contributed by atoms with Crippen LogP contribution in [-0.4, -0.2) is 47.4 Å². The molecule has 2 rings (SSSR count). The van der Waals surface area contributed by atoms with E-state index in [1.807, 2.05) is 38.1 Å². The van der Waals surface area contributed by atoms with E-state index in [-0.39, 0.29) is 12.8 Å². The summed E-state index contributed by atoms with van der Waals surface area (Å²) in [5, 5.41) is 5.49. The molecule has 194 valence electrons. The van der Waals surface area contributed by atoms with Gasteiger partial charge in [0.2, 0.25) is 11.8 Å². The van der Waals surface area contributed by atoms with Gasteiger partial charge in [-0.3, -0.25) is 14.4 Å². The Kier molecular flexibility index (Phi) is 9.60. The Labute approximate surface area is 212 Å². The number of benzene rings is 2. The highest BCUT2D eigenvalue weighted by molar-refractivity contribution is 5.99. The highest BCUT2D eigenvalue weighted by atomic mass is 16.6. The fourth-order valence-corrected chi connectivity index (χ4v) is 3.76. The molecule has 4 amide bonds. The third-order valence-corrected chi connectivity index (χ3v) is 5.50. The number of hydrogen-bond donors (Lipinski definition) is 3. The van der Waals surface area contributed by atoms with E-state index in [2.05, 4.69) is 10.6 Å². The van der Waals surface area contributed by atoms with Gasteiger partial charge in [0.15, 0.2) is 0 Å². The van der Waals surface area contributed by atoms with E-state index in [0.29, 0.717) is 11.3 Å². The first-order valence-electron chi connectivity index (χ1n) is 11.8. The SMILES string of the molecule is Cc1cccc(C)c1NC(=O)C(c1ccccc1)N(C)C(=O)C(CCC(N)=O)NC(=O)OC(C)(C)C. The lowest BCUT2D eigenvalue weighted by Gasteiger charge is -2.32. The van der Waals surface area contributed by atoms with Crippen molar-refractivity contribution < 1.29 is 23.9 Å². The van der Waals surface area contributed by atoms with Gasteiger partial charge in [-0.05, 0) is 57.7 Å². The number of nitrogens with two attached hydrogens (primary N) is 1. The number of carbonyl (C=O) groups is 4. The minimum Gasteiger partial charge on any atom is -0.444 e. The molecule has 9 nitrogen and oxygen atoms in total. The second-order valence-corrected chi connectivity index (χ2v) is 9.72. The van der Waals surface area contributed by atoms with E-state index in [1.165, 1.54) is 11.9 Å². The van der Waals surface area contributed by atoms with Crippen LogP contribution in [0.15, 0.2) is 48.5 Å². The van der Waals surface area contributed by atoms with Crippen LogP contribution in [0.3, 0.4) is 0 Å². The molecule has 0 bridgehead atoms. The summed E-state index contributed by atoms with van der Waals surface area (Å²) in [4.78, 5) is 52.3. The van der Waals surface area contributed by atoms with E-state index in [0.717, 1.165) is 11.1 Å². The van der Waals surface area contributed by atoms with Gasteiger partial charge in [0, 0.05) is 19.2 Å². The van der Waals surface area contributed by atoms with Crippen molar-refractivity contribution in [1.29, 1.82) is 0 Å². The average molecular weight is 497 g/mol. The molecule has 36 heavy (non-hydrogen) atoms. The van der Waals surface area contributed by atoms with Crippen LogP contribution in [0.4, 0.5) is 10.5 Å². The van der Waals surface area contributed by atoms with Gasteiger partial charge in [0.05, 0.1) is 0 Å². The Morgan fingerprint density at radius 1 is 0.972 bits per heavy atom. The Balaban J connectivity index is 2.38. The van der Waals surface area contributed by atoms with Crippen LogP contribution in [0.1, 0.15) is 56.3 Å². The minimum absolute atomic E-state index is 0.0439. The summed E-state index contributed by atoms with van der Waals surface area (Å²) >= 11 is 0. The van der Waals surface area contributed by atoms with Crippen molar-refractivity contribution in [2.45, 2.75) is 65.1 Å². The molecule has 0 heterocycles. The van der Waals surface area contributed by atoms with Gasteiger partial charge in [-0.1, -0.05) is 48.5 Å². The summed E-state index contributed by atoms with van der Waals surface area (Å²) in [6, 6.07) is 12.4. The van der Waals surface area contributed by atoms with Gasteiger partial charge in [0.1, 0.15) is 17.7 Å². The zero-order valence-corrected chi connectivity index (χ0v) is 21.8. The lowest BCUT2D eigenvalue weighted by molar-refractivity contribution is -0.139. The Morgan fingerprint density at radius 3 is 2.08 bits per heavy atom. The molecule has 4 N–H and O–H groups in total. The molecule has 0 saturated heterocycles. The topological polar surface area (TPSA) is 131 Å². The van der Waals surface area contributed by atoms with Crippen molar-refractivity contribution >= 4 is 29.5 Å². The van der Waals surface area contributed by atoms with E-state index in [1.54, 1.807) is 45.0 Å². The number of carbonyl (C=O) groups excluding carboxylic acids is 4. The number of nitrogens with one attached hydrogen (secondary N) is 2. The van der Waals surface area contributed by atoms with Crippen molar-refractivity contribution in [2.75, 3.05) is 12.4 Å². The molecule has 2 aromatic carbocycles. The number of para-hydroxylation sites is 1. The summed E-state index contributed by atoms with van der Waals surface area (Å²) in [7, 11) is 1.48. The first-order valence-corrected chi connectivity index (χ1v) is 11.8. The molecular weight excluding hydrogens is 460 g/mol. The highest BCUT2D eigenvalue weighted by Gasteiger charge is 2.34. The zero-order chi connectivity index (χ0) is 27.0. The van der Waals surface area contributed by atoms with Crippen LogP contribution in [0.5, 0.6) is 0 Å². The number of amides is 4. The maximum Gasteiger partial charge on any atom is 0.408 e. The standard InChI is InChI=1S/C27H36N4O5/c1-17-11-10-12-18(2)22(17)30-24(33)23(19-13-8-7-9-14-19)31(6)25(34)20(15-16-21(28)32)29-26(35)36-27(3,4)5/h7-14,20,23H,15-16H2,1-6H3,(H2,28,32)(H,29,35)(H,30,33). The number of likely N-dealkylation sites (N-methyl/N-ethyl adjacent to an activating group) is 1. The molecule has 0 spiro atoms. The average Bonchev–Trinajstić information content (AvgIpc) is 2.78. The highest BCUT2D eigenvalue weighted by Crippen LogP contribution is 2.26. The summed E-state index contributed by atoms with van der Waals surface area (Å²) in [6.07, 6.45) is -0.988. The predicted molar refractivity (Wildman–Crippen MR) is 138 cm³/mol. The van der Waals surface area contributed by atoms with Crippen LogP contribution in [0.2, 0.25) is 0 Å². The predicted octanol–water partition coefficient (Wildman–Crippen LogP) is 3.60. The second-order valence-electron chi connectivity index (χ2n) is 9.72. The number of nitrogens with zero attached hydrogens (tertiary/aromatic N) is 1. The molecule has 0 aliphatic carbocycles. The molecule has 0 radical (unpaired) electrons. The summed E-state index contributed by atoms with van der Waals surface area (Å²) in [5.74, 6) is -1.60. The van der Waals surface area contributed by atoms with Gasteiger partial charge >= 0.3 is 6.09 Å². The molecule has 0 fully saturated rings. The molecule has 0 aliphatic rings. The second kappa shape index (κ2) is 12.2. The molecule has 0 saturated carbocycles. The molecular formula is C27H36N4O5. The largest absolute Gasteiger partial charge is 0.444 e. The van der Waals surface area contributed by atoms with Crippen LogP contribution >= 0.6 is 0 Å². The lowest BCUT2D eigenvalue weighted by atomic mass is 10.0. The van der Waals surface area contributed by atoms with E-state index >= 15 is 0 Å². The van der Waals surface area contributed by atoms with Crippen molar-refractivity contribution in [1.82, 2.24) is 10.2 Å². The third kappa shape index (κ3) is 8.11. The molecule has 2 atom stereocenters. The van der Waals surface area contributed by atoms with E-state index in [4.69, 9.17) is 10.5 Å². The lowest BCUT2D eigenvalue weighted by Crippen LogP contribution is -2.51. The van der Waals surface area contributed by atoms with Crippen molar-refractivity contribution in [3.8, 4) is 0 Å². The maximum absolute atomic E-state index is 13.6. The number of primary amides is 1. The number of alkyl carbamates (subject to hydrolysis) is 1. The van der Waals surface area contributed by atoms with Crippen molar-refractivity contribution in [3.63, 3.8) is 0 Å². The van der Waals surface area contributed by atoms with Gasteiger partial charge < -0.3 is 26.0 Å². The molecule has 2 aromatic rings. The number of rotatable bonds is 9. The maximum atomic E-state index is 13.6. The molecule has 2 unspecified atom stereocenters. The monoisotopic (exact) mass is 496 g/mol. The smallest absolute Gasteiger partial charge is 0.408 e. The fourth-order valence-electron chi connectivity index (χ4n) is 3.76. The van der Waals surface area contributed by atoms with Crippen molar-refractivity contribution in [2.24, 2.45) is 5.73 Å². The number of hydrogen-bond acceptors (Lipinski definition) is 5. The van der Waals surface area contributed by atoms with Crippen molar-refractivity contribution in [3.05, 3.63) is 65.2 Å². The van der Waals surface area contributed by atoms with Crippen LogP contribution in [0.25, 0.3) is 0 Å². The fraction of sp³-hybridized carbons (Fsp3) is 0.407. The van der Waals surface area contributed by atoms with Gasteiger partial charge in [-0.15, -0.1) is 0 Å². The Bertz CT molecular complexity index is 1070. The zero-order valence-electron chi connectivity index (χ0n) is 21.8. The van der Waals surface area contributed by atoms with Crippen LogP contribution in [-0.2, 0) is 19.1 Å². The quantitative estimate of drug-likeness (QED) is 0.488. The Morgan fingerprint density at radius 2 is 1.56 bits per heavy atom. The van der Waals surface area contributed by atoms with Gasteiger partial charge in [-0.2, -0.15) is 0 Å². The number of aryl methyl sites for hydroxylation is 2. The van der Waals surface area contributed by atoms with E-state index in [9.17, 15) is 19.2 Å². The Hall–Kier alpha value is -3.88. The first-order chi connectivity index (χ1) is 16.8. The molecule has 0 aromatic heterocycles. The van der Waals surface area contributed by atoms with Gasteiger partial charge in [0.25, 0.3) is 5.91 Å². The number of anilines is 1. The normalized spacial score (nSPS) is 12.7. The number of ether oxygens (including phenoxy) is 1. The molecule has 9 heteroatoms. The summed E-state index contributed by atoms with van der Waals surface area (Å²) < 4.78 is 5.29. The summed E-state index contributed by atoms with van der Waals surface area (Å²) in [5.41, 5.74) is 7.53. The first kappa shape index (κ1) is 28.4. The van der Waals surface area contributed by atoms with Crippen LogP contribution in [0, 0.1) is 13.8 Å². The third-order valence-electron chi connectivity index (χ3n) is 5.50. The van der Waals surface area contributed by atoms with E-state index < -0.39 is 41.5 Å². The minimum atomic E-state index is -1.13. The summed E-state index contributed by atoms with van der Waals surface area (Å²) in [6.45, 7) is 8.87. The van der Waals surface area contributed by atoms with Crippen LogP contribution < -0.4 is 16.4 Å².